The molecule has 2 rings (SSSR count). The molecule has 5 heteroatoms. The molecule has 0 spiro atoms. The number of carbonyl (C=O) groups excluding carboxylic acids is 1. The van der Waals surface area contributed by atoms with E-state index in [0.29, 0.717) is 11.4 Å². The molecule has 0 aliphatic carbocycles. The average molecular weight is 245 g/mol. The second-order valence-corrected chi connectivity index (χ2v) is 4.15. The van der Waals surface area contributed by atoms with Gasteiger partial charge in [0, 0.05) is 6.20 Å². The Bertz CT molecular complexity index is 515. The lowest BCUT2D eigenvalue weighted by molar-refractivity contribution is -0.118. The molecule has 94 valence electrons. The molecule has 2 N–H and O–H groups in total. The number of nitrogens with zero attached hydrogens (tertiary/aromatic N) is 1. The number of hydrogen-bond donors (Lipinski definition) is 2. The van der Waals surface area contributed by atoms with Crippen molar-refractivity contribution in [1.29, 1.82) is 0 Å². The highest BCUT2D eigenvalue weighted by Crippen LogP contribution is 2.16. The number of rotatable bonds is 4. The lowest BCUT2D eigenvalue weighted by atomic mass is 10.1. The minimum atomic E-state index is -0.212. The van der Waals surface area contributed by atoms with E-state index in [1.165, 1.54) is 6.20 Å². The van der Waals surface area contributed by atoms with Gasteiger partial charge in [-0.3, -0.25) is 9.89 Å². The molecule has 0 saturated carbocycles. The first-order valence-corrected chi connectivity index (χ1v) is 5.63. The van der Waals surface area contributed by atoms with Gasteiger partial charge >= 0.3 is 0 Å². The van der Waals surface area contributed by atoms with Crippen LogP contribution in [0, 0.1) is 13.8 Å². The van der Waals surface area contributed by atoms with E-state index in [0.717, 1.165) is 11.1 Å². The molecular weight excluding hydrogens is 230 g/mol. The fraction of sp³-hybridized carbons (Fsp3) is 0.231. The summed E-state index contributed by atoms with van der Waals surface area (Å²) in [5.41, 5.74) is 2.85. The molecule has 0 bridgehead atoms. The summed E-state index contributed by atoms with van der Waals surface area (Å²) in [6.45, 7) is 3.96. The largest absolute Gasteiger partial charge is 0.484 e. The summed E-state index contributed by atoms with van der Waals surface area (Å²) < 4.78 is 5.44. The maximum absolute atomic E-state index is 11.6. The summed E-state index contributed by atoms with van der Waals surface area (Å²) in [5.74, 6) is 0.491. The Kier molecular flexibility index (Phi) is 3.62. The number of aryl methyl sites for hydroxylation is 2. The molecule has 18 heavy (non-hydrogen) atoms. The van der Waals surface area contributed by atoms with E-state index >= 15 is 0 Å². The third-order valence-electron chi connectivity index (χ3n) is 2.35. The van der Waals surface area contributed by atoms with Crippen LogP contribution < -0.4 is 10.1 Å². The molecule has 0 aliphatic rings. The summed E-state index contributed by atoms with van der Waals surface area (Å²) >= 11 is 0. The first kappa shape index (κ1) is 12.2. The van der Waals surface area contributed by atoms with Crippen molar-refractivity contribution in [3.05, 3.63) is 41.7 Å². The van der Waals surface area contributed by atoms with Crippen molar-refractivity contribution in [3.63, 3.8) is 0 Å². The summed E-state index contributed by atoms with van der Waals surface area (Å²) in [7, 11) is 0. The molecule has 0 unspecified atom stereocenters. The maximum atomic E-state index is 11.6. The molecule has 1 heterocycles. The number of carbonyl (C=O) groups is 1. The molecule has 2 aromatic rings. The fourth-order valence-electron chi connectivity index (χ4n) is 1.68. The Morgan fingerprint density at radius 3 is 2.67 bits per heavy atom. The van der Waals surface area contributed by atoms with Crippen LogP contribution in [0.25, 0.3) is 0 Å². The highest BCUT2D eigenvalue weighted by molar-refractivity contribution is 5.91. The van der Waals surface area contributed by atoms with Gasteiger partial charge in [-0.1, -0.05) is 6.07 Å². The van der Waals surface area contributed by atoms with Gasteiger partial charge in [0.05, 0.1) is 11.9 Å². The zero-order chi connectivity index (χ0) is 13.0. The first-order valence-electron chi connectivity index (χ1n) is 5.63. The van der Waals surface area contributed by atoms with E-state index in [-0.39, 0.29) is 12.5 Å². The number of aromatic nitrogens is 2. The van der Waals surface area contributed by atoms with Gasteiger partial charge in [0.1, 0.15) is 5.75 Å². The van der Waals surface area contributed by atoms with E-state index in [4.69, 9.17) is 4.74 Å². The standard InChI is InChI=1S/C13H15N3O2/c1-9-3-10(2)5-12(4-9)18-8-13(17)16-11-6-14-15-7-11/h3-7H,8H2,1-2H3,(H,14,15)(H,16,17). The third-order valence-corrected chi connectivity index (χ3v) is 2.35. The Hall–Kier alpha value is -2.30. The Balaban J connectivity index is 1.89. The number of ether oxygens (including phenoxy) is 1. The van der Waals surface area contributed by atoms with Crippen LogP contribution >= 0.6 is 0 Å². The van der Waals surface area contributed by atoms with Gasteiger partial charge < -0.3 is 10.1 Å². The molecule has 5 nitrogen and oxygen atoms in total. The number of amides is 1. The summed E-state index contributed by atoms with van der Waals surface area (Å²) in [5, 5.41) is 9.02. The lowest BCUT2D eigenvalue weighted by Crippen LogP contribution is -2.19. The van der Waals surface area contributed by atoms with Gasteiger partial charge in [0.2, 0.25) is 0 Å². The van der Waals surface area contributed by atoms with E-state index in [1.54, 1.807) is 6.20 Å². The van der Waals surface area contributed by atoms with Crippen molar-refractivity contribution in [1.82, 2.24) is 10.2 Å². The number of nitrogens with one attached hydrogen (secondary N) is 2. The smallest absolute Gasteiger partial charge is 0.262 e. The molecule has 1 amide bonds. The van der Waals surface area contributed by atoms with Crippen molar-refractivity contribution < 1.29 is 9.53 Å². The number of hydrogen-bond acceptors (Lipinski definition) is 3. The normalized spacial score (nSPS) is 10.1. The van der Waals surface area contributed by atoms with Gasteiger partial charge in [-0.15, -0.1) is 0 Å². The molecule has 0 fully saturated rings. The topological polar surface area (TPSA) is 67.0 Å². The summed E-state index contributed by atoms with van der Waals surface area (Å²) in [6.07, 6.45) is 3.14. The lowest BCUT2D eigenvalue weighted by Gasteiger charge is -2.08. The number of aromatic amines is 1. The average Bonchev–Trinajstić information content (AvgIpc) is 2.78. The SMILES string of the molecule is Cc1cc(C)cc(OCC(=O)Nc2cn[nH]c2)c1. The summed E-state index contributed by atoms with van der Waals surface area (Å²) in [6, 6.07) is 5.86. The van der Waals surface area contributed by atoms with Crippen LogP contribution in [0.1, 0.15) is 11.1 Å². The van der Waals surface area contributed by atoms with Gasteiger partial charge in [0.25, 0.3) is 5.91 Å². The predicted octanol–water partition coefficient (Wildman–Crippen LogP) is 2.04. The molecule has 1 aromatic carbocycles. The second-order valence-electron chi connectivity index (χ2n) is 4.15. The highest BCUT2D eigenvalue weighted by Gasteiger charge is 2.04. The zero-order valence-electron chi connectivity index (χ0n) is 10.4. The molecule has 1 aromatic heterocycles. The number of anilines is 1. The quantitative estimate of drug-likeness (QED) is 0.866. The van der Waals surface area contributed by atoms with Crippen molar-refractivity contribution in [3.8, 4) is 5.75 Å². The van der Waals surface area contributed by atoms with E-state index in [2.05, 4.69) is 21.6 Å². The van der Waals surface area contributed by atoms with Crippen molar-refractivity contribution >= 4 is 11.6 Å². The maximum Gasteiger partial charge on any atom is 0.262 e. The molecule has 0 radical (unpaired) electrons. The Morgan fingerprint density at radius 1 is 1.33 bits per heavy atom. The molecular formula is C13H15N3O2. The fourth-order valence-corrected chi connectivity index (χ4v) is 1.68. The van der Waals surface area contributed by atoms with Crippen LogP contribution in [0.15, 0.2) is 30.6 Å². The second kappa shape index (κ2) is 5.35. The van der Waals surface area contributed by atoms with Crippen LogP contribution in [0.3, 0.4) is 0 Å². The van der Waals surface area contributed by atoms with E-state index in [1.807, 2.05) is 26.0 Å². The van der Waals surface area contributed by atoms with E-state index < -0.39 is 0 Å². The number of H-pyrrole nitrogens is 1. The molecule has 0 aliphatic heterocycles. The van der Waals surface area contributed by atoms with Gasteiger partial charge in [-0.2, -0.15) is 5.10 Å². The Labute approximate surface area is 105 Å². The van der Waals surface area contributed by atoms with Crippen molar-refractivity contribution in [2.75, 3.05) is 11.9 Å². The van der Waals surface area contributed by atoms with Crippen molar-refractivity contribution in [2.45, 2.75) is 13.8 Å². The van der Waals surface area contributed by atoms with Crippen LogP contribution in [0.4, 0.5) is 5.69 Å². The van der Waals surface area contributed by atoms with Crippen LogP contribution in [0.5, 0.6) is 5.75 Å². The predicted molar refractivity (Wildman–Crippen MR) is 68.6 cm³/mol. The van der Waals surface area contributed by atoms with Gasteiger partial charge in [-0.05, 0) is 37.1 Å². The van der Waals surface area contributed by atoms with Crippen LogP contribution in [0.2, 0.25) is 0 Å². The summed E-state index contributed by atoms with van der Waals surface area (Å²) in [4.78, 5) is 11.6. The number of benzene rings is 1. The monoisotopic (exact) mass is 245 g/mol. The molecule has 0 saturated heterocycles. The van der Waals surface area contributed by atoms with Gasteiger partial charge in [0.15, 0.2) is 6.61 Å². The van der Waals surface area contributed by atoms with Crippen LogP contribution in [-0.2, 0) is 4.79 Å². The Morgan fingerprint density at radius 2 is 2.06 bits per heavy atom. The minimum Gasteiger partial charge on any atom is -0.484 e. The zero-order valence-corrected chi connectivity index (χ0v) is 10.4. The van der Waals surface area contributed by atoms with Gasteiger partial charge in [-0.25, -0.2) is 0 Å². The van der Waals surface area contributed by atoms with Crippen LogP contribution in [-0.4, -0.2) is 22.7 Å². The first-order chi connectivity index (χ1) is 8.63. The van der Waals surface area contributed by atoms with Crippen molar-refractivity contribution in [2.24, 2.45) is 0 Å². The molecule has 0 atom stereocenters. The minimum absolute atomic E-state index is 0.0198. The third kappa shape index (κ3) is 3.35. The van der Waals surface area contributed by atoms with E-state index in [9.17, 15) is 4.79 Å². The highest BCUT2D eigenvalue weighted by atomic mass is 16.5.